The van der Waals surface area contributed by atoms with Crippen LogP contribution < -0.4 is 11.1 Å². The Morgan fingerprint density at radius 1 is 1.56 bits per heavy atom. The van der Waals surface area contributed by atoms with E-state index in [-0.39, 0.29) is 12.5 Å². The SMILES string of the molecule is C=C(Cl)CNC(=O)c1sc2cc(C)ccc2c1N. The summed E-state index contributed by atoms with van der Waals surface area (Å²) in [6.07, 6.45) is 0. The van der Waals surface area contributed by atoms with Gasteiger partial charge in [-0.05, 0) is 18.6 Å². The van der Waals surface area contributed by atoms with E-state index >= 15 is 0 Å². The number of hydrogen-bond donors (Lipinski definition) is 2. The van der Waals surface area contributed by atoms with Crippen LogP contribution in [0, 0.1) is 6.92 Å². The molecule has 5 heteroatoms. The Bertz CT molecular complexity index is 633. The Kier molecular flexibility index (Phi) is 3.59. The van der Waals surface area contributed by atoms with Gasteiger partial charge in [0.1, 0.15) is 4.88 Å². The number of halogens is 1. The van der Waals surface area contributed by atoms with Crippen molar-refractivity contribution in [2.45, 2.75) is 6.92 Å². The number of anilines is 1. The van der Waals surface area contributed by atoms with Crippen molar-refractivity contribution in [2.75, 3.05) is 12.3 Å². The minimum atomic E-state index is -0.215. The molecule has 0 spiro atoms. The standard InChI is InChI=1S/C13H13ClN2OS/c1-7-3-4-9-10(5-7)18-12(11(9)15)13(17)16-6-8(2)14/h3-5H,2,6,15H2,1H3,(H,16,17). The van der Waals surface area contributed by atoms with Crippen molar-refractivity contribution >= 4 is 44.6 Å². The normalized spacial score (nSPS) is 10.6. The van der Waals surface area contributed by atoms with Crippen LogP contribution in [0.5, 0.6) is 0 Å². The van der Waals surface area contributed by atoms with Crippen molar-refractivity contribution in [3.8, 4) is 0 Å². The van der Waals surface area contributed by atoms with Crippen LogP contribution in [0.25, 0.3) is 10.1 Å². The molecule has 3 nitrogen and oxygen atoms in total. The molecular formula is C13H13ClN2OS. The van der Waals surface area contributed by atoms with Gasteiger partial charge in [-0.15, -0.1) is 11.3 Å². The van der Waals surface area contributed by atoms with Crippen LogP contribution in [0.3, 0.4) is 0 Å². The van der Waals surface area contributed by atoms with Gasteiger partial charge in [-0.25, -0.2) is 0 Å². The summed E-state index contributed by atoms with van der Waals surface area (Å²) < 4.78 is 1.02. The first kappa shape index (κ1) is 12.9. The number of carbonyl (C=O) groups excluding carboxylic acids is 1. The maximum absolute atomic E-state index is 11.9. The van der Waals surface area contributed by atoms with E-state index in [2.05, 4.69) is 11.9 Å². The maximum Gasteiger partial charge on any atom is 0.263 e. The van der Waals surface area contributed by atoms with E-state index in [1.807, 2.05) is 25.1 Å². The third-order valence-corrected chi connectivity index (χ3v) is 3.83. The molecule has 0 unspecified atom stereocenters. The van der Waals surface area contributed by atoms with Gasteiger partial charge < -0.3 is 11.1 Å². The number of nitrogens with two attached hydrogens (primary N) is 1. The fourth-order valence-electron chi connectivity index (χ4n) is 1.65. The fraction of sp³-hybridized carbons (Fsp3) is 0.154. The number of fused-ring (bicyclic) bond motifs is 1. The van der Waals surface area contributed by atoms with Crippen LogP contribution in [-0.4, -0.2) is 12.5 Å². The molecule has 0 saturated carbocycles. The average Bonchev–Trinajstić information content (AvgIpc) is 2.63. The summed E-state index contributed by atoms with van der Waals surface area (Å²) >= 11 is 7.00. The van der Waals surface area contributed by atoms with Gasteiger partial charge in [0.15, 0.2) is 0 Å². The summed E-state index contributed by atoms with van der Waals surface area (Å²) in [6.45, 7) is 5.77. The van der Waals surface area contributed by atoms with Crippen LogP contribution in [0.1, 0.15) is 15.2 Å². The monoisotopic (exact) mass is 280 g/mol. The smallest absolute Gasteiger partial charge is 0.263 e. The van der Waals surface area contributed by atoms with E-state index in [1.165, 1.54) is 11.3 Å². The molecule has 2 rings (SSSR count). The van der Waals surface area contributed by atoms with Crippen LogP contribution in [0.15, 0.2) is 29.8 Å². The van der Waals surface area contributed by atoms with Crippen LogP contribution in [0.2, 0.25) is 0 Å². The zero-order chi connectivity index (χ0) is 13.3. The molecule has 94 valence electrons. The highest BCUT2D eigenvalue weighted by molar-refractivity contribution is 7.21. The first-order valence-electron chi connectivity index (χ1n) is 5.39. The lowest BCUT2D eigenvalue weighted by Crippen LogP contribution is -2.24. The molecule has 0 aliphatic rings. The quantitative estimate of drug-likeness (QED) is 0.906. The van der Waals surface area contributed by atoms with E-state index < -0.39 is 0 Å². The Balaban J connectivity index is 2.36. The lowest BCUT2D eigenvalue weighted by molar-refractivity contribution is 0.0962. The lowest BCUT2D eigenvalue weighted by Gasteiger charge is -2.02. The van der Waals surface area contributed by atoms with Gasteiger partial charge in [0.25, 0.3) is 5.91 Å². The molecule has 0 aliphatic carbocycles. The van der Waals surface area contributed by atoms with Crippen molar-refractivity contribution in [1.82, 2.24) is 5.32 Å². The van der Waals surface area contributed by atoms with Gasteiger partial charge in [-0.1, -0.05) is 30.3 Å². The number of carbonyl (C=O) groups is 1. The summed E-state index contributed by atoms with van der Waals surface area (Å²) in [5.41, 5.74) is 7.65. The predicted octanol–water partition coefficient (Wildman–Crippen LogP) is 3.27. The highest BCUT2D eigenvalue weighted by Gasteiger charge is 2.15. The first-order chi connectivity index (χ1) is 8.49. The van der Waals surface area contributed by atoms with E-state index in [9.17, 15) is 4.79 Å². The van der Waals surface area contributed by atoms with E-state index in [4.69, 9.17) is 17.3 Å². The third kappa shape index (κ3) is 2.49. The van der Waals surface area contributed by atoms with Crippen LogP contribution in [0.4, 0.5) is 5.69 Å². The molecule has 2 aromatic rings. The maximum atomic E-state index is 11.9. The Labute approximate surface area is 114 Å². The number of amides is 1. The molecule has 0 saturated heterocycles. The Morgan fingerprint density at radius 3 is 2.94 bits per heavy atom. The summed E-state index contributed by atoms with van der Waals surface area (Å²) in [5.74, 6) is -0.215. The fourth-order valence-corrected chi connectivity index (χ4v) is 2.85. The first-order valence-corrected chi connectivity index (χ1v) is 6.58. The zero-order valence-electron chi connectivity index (χ0n) is 9.92. The molecule has 18 heavy (non-hydrogen) atoms. The number of nitrogen functional groups attached to an aromatic ring is 1. The minimum absolute atomic E-state index is 0.215. The molecule has 1 heterocycles. The van der Waals surface area contributed by atoms with Gasteiger partial charge in [-0.3, -0.25) is 4.79 Å². The molecule has 0 fully saturated rings. The van der Waals surface area contributed by atoms with Gasteiger partial charge in [0.2, 0.25) is 0 Å². The third-order valence-electron chi connectivity index (χ3n) is 2.53. The molecule has 1 aromatic heterocycles. The van der Waals surface area contributed by atoms with Crippen molar-refractivity contribution in [3.05, 3.63) is 40.3 Å². The van der Waals surface area contributed by atoms with E-state index in [0.717, 1.165) is 15.6 Å². The molecule has 0 atom stereocenters. The molecule has 1 amide bonds. The molecule has 0 bridgehead atoms. The highest BCUT2D eigenvalue weighted by atomic mass is 35.5. The van der Waals surface area contributed by atoms with Gasteiger partial charge in [-0.2, -0.15) is 0 Å². The van der Waals surface area contributed by atoms with E-state index in [0.29, 0.717) is 15.6 Å². The molecule has 0 radical (unpaired) electrons. The average molecular weight is 281 g/mol. The molecular weight excluding hydrogens is 268 g/mol. The largest absolute Gasteiger partial charge is 0.397 e. The molecule has 3 N–H and O–H groups in total. The number of nitrogens with one attached hydrogen (secondary N) is 1. The zero-order valence-corrected chi connectivity index (χ0v) is 11.5. The summed E-state index contributed by atoms with van der Waals surface area (Å²) in [6, 6.07) is 5.94. The van der Waals surface area contributed by atoms with Crippen molar-refractivity contribution in [1.29, 1.82) is 0 Å². The number of aryl methyl sites for hydroxylation is 1. The Hall–Kier alpha value is -1.52. The van der Waals surface area contributed by atoms with Gasteiger partial charge in [0.05, 0.1) is 12.2 Å². The van der Waals surface area contributed by atoms with E-state index in [1.54, 1.807) is 0 Å². The van der Waals surface area contributed by atoms with Crippen molar-refractivity contribution in [2.24, 2.45) is 0 Å². The molecule has 1 aromatic carbocycles. The van der Waals surface area contributed by atoms with Crippen molar-refractivity contribution in [3.63, 3.8) is 0 Å². The summed E-state index contributed by atoms with van der Waals surface area (Å²) in [5, 5.41) is 3.98. The van der Waals surface area contributed by atoms with Crippen LogP contribution >= 0.6 is 22.9 Å². The highest BCUT2D eigenvalue weighted by Crippen LogP contribution is 2.34. The number of thiophene rings is 1. The lowest BCUT2D eigenvalue weighted by atomic mass is 10.1. The topological polar surface area (TPSA) is 55.1 Å². The second-order valence-electron chi connectivity index (χ2n) is 4.04. The number of rotatable bonds is 3. The Morgan fingerprint density at radius 2 is 2.28 bits per heavy atom. The predicted molar refractivity (Wildman–Crippen MR) is 78.3 cm³/mol. The second-order valence-corrected chi connectivity index (χ2v) is 5.63. The second kappa shape index (κ2) is 5.00. The van der Waals surface area contributed by atoms with Crippen molar-refractivity contribution < 1.29 is 4.79 Å². The van der Waals surface area contributed by atoms with Gasteiger partial charge >= 0.3 is 0 Å². The van der Waals surface area contributed by atoms with Gasteiger partial charge in [0, 0.05) is 15.1 Å². The summed E-state index contributed by atoms with van der Waals surface area (Å²) in [4.78, 5) is 12.5. The molecule has 0 aliphatic heterocycles. The number of benzene rings is 1. The number of hydrogen-bond acceptors (Lipinski definition) is 3. The minimum Gasteiger partial charge on any atom is -0.397 e. The van der Waals surface area contributed by atoms with Crippen LogP contribution in [-0.2, 0) is 0 Å². The summed E-state index contributed by atoms with van der Waals surface area (Å²) in [7, 11) is 0.